The molecule has 9 heteroatoms. The second-order valence-electron chi connectivity index (χ2n) is 6.44. The number of carboxylic acid groups (broad SMARTS) is 1. The first-order chi connectivity index (χ1) is 15.0. The Balaban J connectivity index is 1.60. The standard InChI is InChI=1S/C22H16N2O7/c25-20(23-15-6-4-14(5-7-15)22(27)28)16(24-21(26)18-2-1-9-29-18)10-13-3-8-17-19(11-13)31-12-30-17/h1-11H,12H2,(H,23,25)(H,24,26)(H,27,28)/b16-10+. The molecule has 0 radical (unpaired) electrons. The molecule has 1 aliphatic rings. The van der Waals surface area contributed by atoms with Gasteiger partial charge in [0.2, 0.25) is 6.79 Å². The Kier molecular flexibility index (Phi) is 5.39. The Morgan fingerprint density at radius 3 is 2.45 bits per heavy atom. The van der Waals surface area contributed by atoms with Crippen LogP contribution in [0.1, 0.15) is 26.5 Å². The van der Waals surface area contributed by atoms with Gasteiger partial charge in [-0.25, -0.2) is 4.79 Å². The number of aromatic carboxylic acids is 1. The second kappa shape index (κ2) is 8.46. The van der Waals surface area contributed by atoms with E-state index >= 15 is 0 Å². The van der Waals surface area contributed by atoms with Gasteiger partial charge in [-0.15, -0.1) is 0 Å². The van der Waals surface area contributed by atoms with Crippen LogP contribution in [0.3, 0.4) is 0 Å². The third-order valence-corrected chi connectivity index (χ3v) is 4.34. The van der Waals surface area contributed by atoms with Crippen molar-refractivity contribution in [1.29, 1.82) is 0 Å². The van der Waals surface area contributed by atoms with Gasteiger partial charge >= 0.3 is 5.97 Å². The van der Waals surface area contributed by atoms with Gasteiger partial charge in [0.15, 0.2) is 17.3 Å². The minimum Gasteiger partial charge on any atom is -0.478 e. The summed E-state index contributed by atoms with van der Waals surface area (Å²) in [5, 5.41) is 14.2. The van der Waals surface area contributed by atoms with Crippen molar-refractivity contribution >= 4 is 29.5 Å². The van der Waals surface area contributed by atoms with Crippen LogP contribution in [0.15, 0.2) is 71.0 Å². The topological polar surface area (TPSA) is 127 Å². The molecule has 1 aromatic heterocycles. The van der Waals surface area contributed by atoms with Gasteiger partial charge < -0.3 is 29.6 Å². The third kappa shape index (κ3) is 4.56. The molecule has 0 unspecified atom stereocenters. The molecule has 1 aliphatic heterocycles. The number of hydrogen-bond acceptors (Lipinski definition) is 6. The highest BCUT2D eigenvalue weighted by Gasteiger charge is 2.18. The lowest BCUT2D eigenvalue weighted by Gasteiger charge is -2.11. The number of furan rings is 1. The molecule has 0 spiro atoms. The predicted molar refractivity (Wildman–Crippen MR) is 109 cm³/mol. The predicted octanol–water partition coefficient (Wildman–Crippen LogP) is 3.12. The van der Waals surface area contributed by atoms with E-state index in [1.54, 1.807) is 24.3 Å². The summed E-state index contributed by atoms with van der Waals surface area (Å²) in [6.45, 7) is 0.109. The maximum absolute atomic E-state index is 12.9. The van der Waals surface area contributed by atoms with Gasteiger partial charge in [-0.2, -0.15) is 0 Å². The molecule has 9 nitrogen and oxygen atoms in total. The van der Waals surface area contributed by atoms with Crippen molar-refractivity contribution in [3.8, 4) is 11.5 Å². The number of carbonyl (C=O) groups excluding carboxylic acids is 2. The molecule has 3 aromatic rings. The zero-order valence-electron chi connectivity index (χ0n) is 16.0. The number of benzene rings is 2. The average Bonchev–Trinajstić information content (AvgIpc) is 3.45. The van der Waals surface area contributed by atoms with Crippen molar-refractivity contribution in [2.24, 2.45) is 0 Å². The summed E-state index contributed by atoms with van der Waals surface area (Å²) in [6, 6.07) is 13.7. The monoisotopic (exact) mass is 420 g/mol. The number of carbonyl (C=O) groups is 3. The third-order valence-electron chi connectivity index (χ3n) is 4.34. The zero-order valence-corrected chi connectivity index (χ0v) is 16.0. The van der Waals surface area contributed by atoms with Crippen LogP contribution in [0.25, 0.3) is 6.08 Å². The van der Waals surface area contributed by atoms with E-state index in [0.717, 1.165) is 0 Å². The van der Waals surface area contributed by atoms with E-state index in [0.29, 0.717) is 22.7 Å². The zero-order chi connectivity index (χ0) is 21.8. The van der Waals surface area contributed by atoms with Crippen LogP contribution in [0.4, 0.5) is 5.69 Å². The smallest absolute Gasteiger partial charge is 0.335 e. The summed E-state index contributed by atoms with van der Waals surface area (Å²) < 4.78 is 15.7. The van der Waals surface area contributed by atoms with E-state index in [4.69, 9.17) is 19.0 Å². The summed E-state index contributed by atoms with van der Waals surface area (Å²) in [4.78, 5) is 36.3. The number of rotatable bonds is 6. The van der Waals surface area contributed by atoms with E-state index < -0.39 is 17.8 Å². The van der Waals surface area contributed by atoms with Crippen LogP contribution >= 0.6 is 0 Å². The molecule has 3 N–H and O–H groups in total. The van der Waals surface area contributed by atoms with E-state index in [9.17, 15) is 14.4 Å². The van der Waals surface area contributed by atoms with E-state index in [2.05, 4.69) is 10.6 Å². The summed E-state index contributed by atoms with van der Waals surface area (Å²) in [5.74, 6) is -1.15. The molecule has 156 valence electrons. The lowest BCUT2D eigenvalue weighted by atomic mass is 10.1. The molecule has 31 heavy (non-hydrogen) atoms. The molecular weight excluding hydrogens is 404 g/mol. The lowest BCUT2D eigenvalue weighted by molar-refractivity contribution is -0.113. The van der Waals surface area contributed by atoms with Gasteiger partial charge in [-0.05, 0) is 60.2 Å². The van der Waals surface area contributed by atoms with Crippen LogP contribution in [-0.4, -0.2) is 29.7 Å². The fourth-order valence-electron chi connectivity index (χ4n) is 2.81. The largest absolute Gasteiger partial charge is 0.478 e. The number of carboxylic acids is 1. The molecule has 0 bridgehead atoms. The number of ether oxygens (including phenoxy) is 2. The first-order valence-electron chi connectivity index (χ1n) is 9.10. The van der Waals surface area contributed by atoms with Crippen LogP contribution in [0.5, 0.6) is 11.5 Å². The van der Waals surface area contributed by atoms with Gasteiger partial charge in [0.1, 0.15) is 5.70 Å². The SMILES string of the molecule is O=C(Nc1ccc(C(=O)O)cc1)/C(=C\c1ccc2c(c1)OCO2)NC(=O)c1ccco1. The molecule has 0 saturated carbocycles. The summed E-state index contributed by atoms with van der Waals surface area (Å²) in [6.07, 6.45) is 2.82. The number of amides is 2. The van der Waals surface area contributed by atoms with Gasteiger partial charge in [-0.3, -0.25) is 9.59 Å². The molecule has 0 fully saturated rings. The van der Waals surface area contributed by atoms with E-state index in [1.807, 2.05) is 0 Å². The minimum atomic E-state index is -1.08. The maximum Gasteiger partial charge on any atom is 0.335 e. The molecule has 4 rings (SSSR count). The Labute approximate surface area is 175 Å². The number of hydrogen-bond donors (Lipinski definition) is 3. The summed E-state index contributed by atoms with van der Waals surface area (Å²) in [7, 11) is 0. The molecule has 2 aromatic carbocycles. The van der Waals surface area contributed by atoms with Crippen LogP contribution in [-0.2, 0) is 4.79 Å². The Morgan fingerprint density at radius 2 is 1.74 bits per heavy atom. The normalized spacial score (nSPS) is 12.3. The van der Waals surface area contributed by atoms with Gasteiger partial charge in [0.05, 0.1) is 11.8 Å². The van der Waals surface area contributed by atoms with Crippen molar-refractivity contribution in [3.05, 3.63) is 83.4 Å². The van der Waals surface area contributed by atoms with Crippen LogP contribution < -0.4 is 20.1 Å². The first kappa shape index (κ1) is 19.8. The quantitative estimate of drug-likeness (QED) is 0.523. The van der Waals surface area contributed by atoms with Gasteiger partial charge in [-0.1, -0.05) is 6.07 Å². The number of nitrogens with one attached hydrogen (secondary N) is 2. The fraction of sp³-hybridized carbons (Fsp3) is 0.0455. The Bertz CT molecular complexity index is 1170. The van der Waals surface area contributed by atoms with Crippen molar-refractivity contribution in [3.63, 3.8) is 0 Å². The minimum absolute atomic E-state index is 0.0372. The highest BCUT2D eigenvalue weighted by molar-refractivity contribution is 6.10. The highest BCUT2D eigenvalue weighted by atomic mass is 16.7. The van der Waals surface area contributed by atoms with E-state index in [-0.39, 0.29) is 23.8 Å². The molecule has 0 saturated heterocycles. The second-order valence-corrected chi connectivity index (χ2v) is 6.44. The molecule has 2 amide bonds. The highest BCUT2D eigenvalue weighted by Crippen LogP contribution is 2.33. The van der Waals surface area contributed by atoms with Crippen LogP contribution in [0.2, 0.25) is 0 Å². The van der Waals surface area contributed by atoms with Gasteiger partial charge in [0.25, 0.3) is 11.8 Å². The summed E-state index contributed by atoms with van der Waals surface area (Å²) >= 11 is 0. The van der Waals surface area contributed by atoms with Crippen molar-refractivity contribution in [2.75, 3.05) is 12.1 Å². The fourth-order valence-corrected chi connectivity index (χ4v) is 2.81. The van der Waals surface area contributed by atoms with Crippen molar-refractivity contribution in [1.82, 2.24) is 5.32 Å². The van der Waals surface area contributed by atoms with Gasteiger partial charge in [0, 0.05) is 5.69 Å². The van der Waals surface area contributed by atoms with Crippen molar-refractivity contribution < 1.29 is 33.4 Å². The molecule has 0 aliphatic carbocycles. The maximum atomic E-state index is 12.9. The Morgan fingerprint density at radius 1 is 0.968 bits per heavy atom. The lowest BCUT2D eigenvalue weighted by Crippen LogP contribution is -2.30. The van der Waals surface area contributed by atoms with Crippen molar-refractivity contribution in [2.45, 2.75) is 0 Å². The first-order valence-corrected chi connectivity index (χ1v) is 9.10. The van der Waals surface area contributed by atoms with Crippen LogP contribution in [0, 0.1) is 0 Å². The number of anilines is 1. The molecule has 2 heterocycles. The molecule has 0 atom stereocenters. The number of fused-ring (bicyclic) bond motifs is 1. The summed E-state index contributed by atoms with van der Waals surface area (Å²) in [5.41, 5.74) is 0.983. The average molecular weight is 420 g/mol. The van der Waals surface area contributed by atoms with E-state index in [1.165, 1.54) is 42.7 Å². The Hall–Kier alpha value is -4.53. The molecular formula is C22H16N2O7.